The average molecular weight is 344 g/mol. The fourth-order valence-corrected chi connectivity index (χ4v) is 5.58. The minimum absolute atomic E-state index is 0.187. The predicted octanol–water partition coefficient (Wildman–Crippen LogP) is 3.72. The summed E-state index contributed by atoms with van der Waals surface area (Å²) < 4.78 is 13.9. The molecule has 1 N–H and O–H groups in total. The third-order valence-electron chi connectivity index (χ3n) is 4.03. The minimum Gasteiger partial charge on any atom is -0.316 e. The first-order valence-electron chi connectivity index (χ1n) is 6.77. The first kappa shape index (κ1) is 15.2. The summed E-state index contributed by atoms with van der Waals surface area (Å²) >= 11 is 3.52. The highest BCUT2D eigenvalue weighted by atomic mass is 79.9. The van der Waals surface area contributed by atoms with Gasteiger partial charge in [-0.1, -0.05) is 26.0 Å². The van der Waals surface area contributed by atoms with Crippen molar-refractivity contribution in [2.45, 2.75) is 49.3 Å². The zero-order chi connectivity index (χ0) is 14.0. The molecule has 0 saturated heterocycles. The molecule has 0 bridgehead atoms. The lowest BCUT2D eigenvalue weighted by atomic mass is 9.75. The molecule has 0 radical (unpaired) electrons. The van der Waals surface area contributed by atoms with E-state index in [4.69, 9.17) is 0 Å². The van der Waals surface area contributed by atoms with E-state index in [-0.39, 0.29) is 10.7 Å². The molecule has 0 heterocycles. The van der Waals surface area contributed by atoms with E-state index in [1.165, 1.54) is 6.42 Å². The van der Waals surface area contributed by atoms with E-state index in [1.807, 2.05) is 31.3 Å². The van der Waals surface area contributed by atoms with Gasteiger partial charge in [0.25, 0.3) is 0 Å². The van der Waals surface area contributed by atoms with Gasteiger partial charge in [-0.25, -0.2) is 0 Å². The molecule has 1 aliphatic rings. The highest BCUT2D eigenvalue weighted by Gasteiger charge is 2.38. The second-order valence-corrected chi connectivity index (χ2v) is 8.56. The van der Waals surface area contributed by atoms with Gasteiger partial charge in [-0.05, 0) is 59.8 Å². The van der Waals surface area contributed by atoms with Gasteiger partial charge < -0.3 is 5.32 Å². The Morgan fingerprint density at radius 1 is 1.37 bits per heavy atom. The maximum atomic E-state index is 12.9. The van der Waals surface area contributed by atoms with Crippen LogP contribution in [0.3, 0.4) is 0 Å². The van der Waals surface area contributed by atoms with E-state index in [9.17, 15) is 4.21 Å². The summed E-state index contributed by atoms with van der Waals surface area (Å²) in [5.74, 6) is 0. The van der Waals surface area contributed by atoms with Crippen LogP contribution in [0.1, 0.15) is 33.1 Å². The van der Waals surface area contributed by atoms with Crippen molar-refractivity contribution < 1.29 is 4.21 Å². The number of halogens is 1. The Kier molecular flexibility index (Phi) is 4.85. The van der Waals surface area contributed by atoms with Gasteiger partial charge in [-0.3, -0.25) is 4.21 Å². The molecule has 1 aliphatic carbocycles. The first-order valence-corrected chi connectivity index (χ1v) is 8.77. The van der Waals surface area contributed by atoms with Gasteiger partial charge in [0.1, 0.15) is 0 Å². The van der Waals surface area contributed by atoms with Crippen LogP contribution in [0.5, 0.6) is 0 Å². The summed E-state index contributed by atoms with van der Waals surface area (Å²) in [5.41, 5.74) is 0.287. The van der Waals surface area contributed by atoms with Crippen LogP contribution in [0.4, 0.5) is 0 Å². The van der Waals surface area contributed by atoms with Crippen LogP contribution in [-0.4, -0.2) is 22.5 Å². The number of benzene rings is 1. The Morgan fingerprint density at radius 2 is 2.05 bits per heavy atom. The van der Waals surface area contributed by atoms with Gasteiger partial charge >= 0.3 is 0 Å². The summed E-state index contributed by atoms with van der Waals surface area (Å²) in [6.07, 6.45) is 3.30. The van der Waals surface area contributed by atoms with Gasteiger partial charge in [0.05, 0.1) is 20.9 Å². The third kappa shape index (κ3) is 3.47. The highest BCUT2D eigenvalue weighted by molar-refractivity contribution is 9.10. The summed E-state index contributed by atoms with van der Waals surface area (Å²) in [5, 5.41) is 3.54. The summed E-state index contributed by atoms with van der Waals surface area (Å²) in [6.45, 7) is 4.56. The van der Waals surface area contributed by atoms with Crippen LogP contribution >= 0.6 is 15.9 Å². The number of hydrogen-bond donors (Lipinski definition) is 1. The van der Waals surface area contributed by atoms with Crippen molar-refractivity contribution in [2.75, 3.05) is 7.05 Å². The van der Waals surface area contributed by atoms with Gasteiger partial charge in [-0.2, -0.15) is 0 Å². The van der Waals surface area contributed by atoms with E-state index in [1.54, 1.807) is 0 Å². The quantitative estimate of drug-likeness (QED) is 0.905. The molecule has 1 aromatic rings. The Morgan fingerprint density at radius 3 is 2.68 bits per heavy atom. The molecule has 0 aliphatic heterocycles. The van der Waals surface area contributed by atoms with Crippen molar-refractivity contribution in [1.29, 1.82) is 0 Å². The normalized spacial score (nSPS) is 28.0. The van der Waals surface area contributed by atoms with Gasteiger partial charge in [0, 0.05) is 10.5 Å². The molecule has 1 aromatic carbocycles. The predicted molar refractivity (Wildman–Crippen MR) is 84.8 cm³/mol. The van der Waals surface area contributed by atoms with Crippen LogP contribution in [0, 0.1) is 5.41 Å². The molecule has 19 heavy (non-hydrogen) atoms. The summed E-state index contributed by atoms with van der Waals surface area (Å²) in [7, 11) is 1.01. The van der Waals surface area contributed by atoms with Crippen molar-refractivity contribution >= 4 is 26.7 Å². The van der Waals surface area contributed by atoms with E-state index in [0.29, 0.717) is 6.04 Å². The van der Waals surface area contributed by atoms with Crippen LogP contribution < -0.4 is 5.32 Å². The average Bonchev–Trinajstić information content (AvgIpc) is 2.37. The lowest BCUT2D eigenvalue weighted by molar-refractivity contribution is 0.216. The number of rotatable bonds is 3. The van der Waals surface area contributed by atoms with Crippen LogP contribution in [0.15, 0.2) is 33.6 Å². The smallest absolute Gasteiger partial charge is 0.0588 e. The number of hydrogen-bond acceptors (Lipinski definition) is 2. The Balaban J connectivity index is 2.27. The topological polar surface area (TPSA) is 29.1 Å². The van der Waals surface area contributed by atoms with E-state index >= 15 is 0 Å². The molecule has 0 amide bonds. The molecule has 2 rings (SSSR count). The van der Waals surface area contributed by atoms with Crippen molar-refractivity contribution in [3.05, 3.63) is 28.7 Å². The summed E-state index contributed by atoms with van der Waals surface area (Å²) in [4.78, 5) is 0.922. The SMILES string of the molecule is CNC1CCC(C)(C)CC1S(=O)c1ccccc1Br. The minimum atomic E-state index is -0.967. The van der Waals surface area contributed by atoms with E-state index in [0.717, 1.165) is 22.2 Å². The van der Waals surface area contributed by atoms with Gasteiger partial charge in [-0.15, -0.1) is 0 Å². The lowest BCUT2D eigenvalue weighted by Crippen LogP contribution is -2.47. The number of nitrogens with one attached hydrogen (secondary N) is 1. The monoisotopic (exact) mass is 343 g/mol. The van der Waals surface area contributed by atoms with Crippen LogP contribution in [0.25, 0.3) is 0 Å². The summed E-state index contributed by atoms with van der Waals surface area (Å²) in [6, 6.07) is 8.20. The van der Waals surface area contributed by atoms with Crippen molar-refractivity contribution in [2.24, 2.45) is 5.41 Å². The van der Waals surface area contributed by atoms with Crippen molar-refractivity contribution in [1.82, 2.24) is 5.32 Å². The molecule has 106 valence electrons. The zero-order valence-corrected chi connectivity index (χ0v) is 14.2. The highest BCUT2D eigenvalue weighted by Crippen LogP contribution is 2.39. The molecule has 4 heteroatoms. The third-order valence-corrected chi connectivity index (χ3v) is 6.82. The standard InChI is InChI=1S/C15H22BrNOS/c1-15(2)9-8-12(17-3)14(10-15)19(18)13-7-5-4-6-11(13)16/h4-7,12,14,17H,8-10H2,1-3H3. The molecule has 0 spiro atoms. The largest absolute Gasteiger partial charge is 0.316 e. The second kappa shape index (κ2) is 6.06. The van der Waals surface area contributed by atoms with Gasteiger partial charge in [0.15, 0.2) is 0 Å². The Hall–Kier alpha value is -0.190. The first-order chi connectivity index (χ1) is 8.94. The van der Waals surface area contributed by atoms with Crippen molar-refractivity contribution in [3.8, 4) is 0 Å². The molecular formula is C15H22BrNOS. The zero-order valence-electron chi connectivity index (χ0n) is 11.8. The van der Waals surface area contributed by atoms with Crippen molar-refractivity contribution in [3.63, 3.8) is 0 Å². The van der Waals surface area contributed by atoms with Crippen LogP contribution in [0.2, 0.25) is 0 Å². The van der Waals surface area contributed by atoms with E-state index in [2.05, 4.69) is 35.1 Å². The molecular weight excluding hydrogens is 322 g/mol. The molecule has 1 fully saturated rings. The van der Waals surface area contributed by atoms with Gasteiger partial charge in [0.2, 0.25) is 0 Å². The molecule has 1 saturated carbocycles. The maximum absolute atomic E-state index is 12.9. The Bertz CT molecular complexity index is 475. The van der Waals surface area contributed by atoms with E-state index < -0.39 is 10.8 Å². The van der Waals surface area contributed by atoms with Crippen LogP contribution in [-0.2, 0) is 10.8 Å². The second-order valence-electron chi connectivity index (χ2n) is 6.07. The Labute approximate surface area is 127 Å². The fourth-order valence-electron chi connectivity index (χ4n) is 2.85. The fraction of sp³-hybridized carbons (Fsp3) is 0.600. The molecule has 3 unspecified atom stereocenters. The molecule has 3 atom stereocenters. The maximum Gasteiger partial charge on any atom is 0.0588 e. The molecule has 2 nitrogen and oxygen atoms in total. The molecule has 0 aromatic heterocycles. The lowest BCUT2D eigenvalue weighted by Gasteiger charge is -2.40.